The van der Waals surface area contributed by atoms with Crippen LogP contribution in [0.5, 0.6) is 5.75 Å². The van der Waals surface area contributed by atoms with E-state index in [0.29, 0.717) is 5.56 Å². The molecule has 5 rings (SSSR count). The highest BCUT2D eigenvalue weighted by molar-refractivity contribution is 7.15. The first-order valence-corrected chi connectivity index (χ1v) is 11.5. The Morgan fingerprint density at radius 2 is 2.03 bits per heavy atom. The van der Waals surface area contributed by atoms with Crippen LogP contribution in [0.25, 0.3) is 27.5 Å². The lowest BCUT2D eigenvalue weighted by molar-refractivity contribution is 0.371. The van der Waals surface area contributed by atoms with E-state index in [1.165, 1.54) is 29.7 Å². The van der Waals surface area contributed by atoms with Crippen molar-refractivity contribution < 1.29 is 13.5 Å². The number of anilines is 1. The zero-order valence-electron chi connectivity index (χ0n) is 18.9. The lowest BCUT2D eigenvalue weighted by atomic mass is 9.96. The Morgan fingerprint density at radius 3 is 2.82 bits per heavy atom. The Morgan fingerprint density at radius 1 is 1.21 bits per heavy atom. The highest BCUT2D eigenvalue weighted by Gasteiger charge is 2.25. The summed E-state index contributed by atoms with van der Waals surface area (Å²) in [7, 11) is 1.26. The van der Waals surface area contributed by atoms with E-state index in [1.807, 2.05) is 6.07 Å². The summed E-state index contributed by atoms with van der Waals surface area (Å²) in [6.07, 6.45) is 3.59. The quantitative estimate of drug-likeness (QED) is 0.455. The van der Waals surface area contributed by atoms with Crippen molar-refractivity contribution in [2.75, 3.05) is 19.4 Å². The van der Waals surface area contributed by atoms with Gasteiger partial charge in [-0.15, -0.1) is 16.4 Å². The molecule has 1 aliphatic rings. The summed E-state index contributed by atoms with van der Waals surface area (Å²) < 4.78 is 35.0. The predicted octanol–water partition coefficient (Wildman–Crippen LogP) is 3.79. The van der Waals surface area contributed by atoms with Crippen molar-refractivity contribution >= 4 is 17.2 Å². The summed E-state index contributed by atoms with van der Waals surface area (Å²) in [6, 6.07) is 6.67. The summed E-state index contributed by atoms with van der Waals surface area (Å²) in [4.78, 5) is 6.74. The van der Waals surface area contributed by atoms with E-state index in [9.17, 15) is 8.78 Å². The number of aromatic nitrogens is 5. The van der Waals surface area contributed by atoms with Gasteiger partial charge in [0.1, 0.15) is 11.5 Å². The Balaban J connectivity index is 1.57. The molecule has 0 radical (unpaired) electrons. The topological polar surface area (TPSA) is 104 Å². The molecule has 0 saturated heterocycles. The van der Waals surface area contributed by atoms with Crippen LogP contribution < -0.4 is 15.8 Å². The Bertz CT molecular complexity index is 1380. The van der Waals surface area contributed by atoms with Crippen LogP contribution in [0.3, 0.4) is 0 Å². The first kappa shape index (κ1) is 22.4. The van der Waals surface area contributed by atoms with E-state index in [4.69, 9.17) is 10.5 Å². The molecule has 1 aromatic carbocycles. The number of pyridine rings is 1. The second-order valence-corrected chi connectivity index (χ2v) is 9.92. The second-order valence-electron chi connectivity index (χ2n) is 8.78. The molecule has 8 nitrogen and oxygen atoms in total. The van der Waals surface area contributed by atoms with E-state index < -0.39 is 11.6 Å². The number of ether oxygens (including phenoxy) is 1. The van der Waals surface area contributed by atoms with Gasteiger partial charge >= 0.3 is 0 Å². The van der Waals surface area contributed by atoms with Crippen molar-refractivity contribution in [1.82, 2.24) is 30.5 Å². The van der Waals surface area contributed by atoms with Crippen LogP contribution in [0.4, 0.5) is 14.6 Å². The molecule has 4 aromatic rings. The van der Waals surface area contributed by atoms with Crippen LogP contribution in [0.1, 0.15) is 24.3 Å². The molecule has 0 atom stereocenters. The van der Waals surface area contributed by atoms with Crippen molar-refractivity contribution in [2.24, 2.45) is 0 Å². The molecule has 3 aromatic heterocycles. The van der Waals surface area contributed by atoms with Gasteiger partial charge in [-0.25, -0.2) is 9.37 Å². The smallest absolute Gasteiger partial charge is 0.202 e. The third-order valence-electron chi connectivity index (χ3n) is 5.87. The minimum atomic E-state index is -1.13. The number of rotatable bonds is 4. The van der Waals surface area contributed by atoms with Gasteiger partial charge in [-0.3, -0.25) is 0 Å². The summed E-state index contributed by atoms with van der Waals surface area (Å²) in [6.45, 7) is 5.32. The number of fused-ring (bicyclic) bond motifs is 1. The molecule has 0 unspecified atom stereocenters. The highest BCUT2D eigenvalue weighted by atomic mass is 32.1. The lowest BCUT2D eigenvalue weighted by Crippen LogP contribution is -2.40. The summed E-state index contributed by atoms with van der Waals surface area (Å²) >= 11 is 1.72. The number of benzene rings is 1. The molecule has 34 heavy (non-hydrogen) atoms. The van der Waals surface area contributed by atoms with Crippen LogP contribution in [0.2, 0.25) is 0 Å². The minimum absolute atomic E-state index is 0.0217. The predicted molar refractivity (Wildman–Crippen MR) is 126 cm³/mol. The third-order valence-corrected chi connectivity index (χ3v) is 7.16. The SMILES string of the molecule is COc1ccc(-n2nnnc2-c2cc(-c3cc4c(s3)CCNC(C)(C)C4)cnc2N)c(F)c1F. The number of thiophene rings is 1. The molecule has 0 fully saturated rings. The molecular formula is C23H23F2N7OS. The molecule has 0 bridgehead atoms. The van der Waals surface area contributed by atoms with Gasteiger partial charge in [-0.1, -0.05) is 0 Å². The average molecular weight is 484 g/mol. The summed E-state index contributed by atoms with van der Waals surface area (Å²) in [5.74, 6) is -2.14. The molecule has 3 N–H and O–H groups in total. The Kier molecular flexibility index (Phi) is 5.53. The normalized spacial score (nSPS) is 15.1. The number of nitrogens with two attached hydrogens (primary N) is 1. The van der Waals surface area contributed by atoms with Crippen molar-refractivity contribution in [3.8, 4) is 33.3 Å². The van der Waals surface area contributed by atoms with Gasteiger partial charge in [-0.05, 0) is 66.9 Å². The number of hydrogen-bond donors (Lipinski definition) is 2. The van der Waals surface area contributed by atoms with E-state index >= 15 is 0 Å². The first-order valence-electron chi connectivity index (χ1n) is 10.7. The van der Waals surface area contributed by atoms with E-state index in [2.05, 4.69) is 45.7 Å². The van der Waals surface area contributed by atoms with Gasteiger partial charge in [0.15, 0.2) is 17.4 Å². The highest BCUT2D eigenvalue weighted by Crippen LogP contribution is 2.37. The van der Waals surface area contributed by atoms with E-state index in [0.717, 1.165) is 34.5 Å². The van der Waals surface area contributed by atoms with Crippen LogP contribution in [0, 0.1) is 11.6 Å². The van der Waals surface area contributed by atoms with Gasteiger partial charge in [0.05, 0.1) is 12.7 Å². The van der Waals surface area contributed by atoms with Gasteiger partial charge in [0, 0.05) is 33.6 Å². The van der Waals surface area contributed by atoms with E-state index in [1.54, 1.807) is 17.5 Å². The van der Waals surface area contributed by atoms with Crippen LogP contribution in [-0.4, -0.2) is 44.4 Å². The molecule has 11 heteroatoms. The summed E-state index contributed by atoms with van der Waals surface area (Å²) in [5, 5.41) is 15.1. The number of nitrogen functional groups attached to an aromatic ring is 1. The van der Waals surface area contributed by atoms with Gasteiger partial charge in [0.2, 0.25) is 5.82 Å². The number of nitrogens with one attached hydrogen (secondary N) is 1. The largest absolute Gasteiger partial charge is 0.494 e. The molecule has 1 aliphatic heterocycles. The second kappa shape index (κ2) is 8.41. The number of methoxy groups -OCH3 is 1. The molecule has 0 amide bonds. The van der Waals surface area contributed by atoms with E-state index in [-0.39, 0.29) is 28.6 Å². The van der Waals surface area contributed by atoms with Gasteiger partial charge < -0.3 is 15.8 Å². The fourth-order valence-electron chi connectivity index (χ4n) is 4.17. The van der Waals surface area contributed by atoms with Crippen molar-refractivity contribution in [3.05, 3.63) is 52.5 Å². The van der Waals surface area contributed by atoms with Crippen molar-refractivity contribution in [1.29, 1.82) is 0 Å². The molecule has 176 valence electrons. The summed E-state index contributed by atoms with van der Waals surface area (Å²) in [5.41, 5.74) is 8.60. The molecule has 4 heterocycles. The maximum atomic E-state index is 14.8. The number of hydrogen-bond acceptors (Lipinski definition) is 8. The fraction of sp³-hybridized carbons (Fsp3) is 0.304. The zero-order valence-corrected chi connectivity index (χ0v) is 19.7. The Hall–Kier alpha value is -3.44. The average Bonchev–Trinajstić information content (AvgIpc) is 3.40. The lowest BCUT2D eigenvalue weighted by Gasteiger charge is -2.23. The number of nitrogens with zero attached hydrogens (tertiary/aromatic N) is 5. The third kappa shape index (κ3) is 3.90. The van der Waals surface area contributed by atoms with Crippen molar-refractivity contribution in [2.45, 2.75) is 32.2 Å². The van der Waals surface area contributed by atoms with Crippen molar-refractivity contribution in [3.63, 3.8) is 0 Å². The molecular weight excluding hydrogens is 460 g/mol. The fourth-order valence-corrected chi connectivity index (χ4v) is 5.33. The maximum Gasteiger partial charge on any atom is 0.202 e. The zero-order chi connectivity index (χ0) is 24.0. The van der Waals surface area contributed by atoms with Gasteiger partial charge in [0.25, 0.3) is 0 Å². The Labute approximate surface area is 198 Å². The number of halogens is 2. The standard InChI is InChI=1S/C23H23F2N7OS/c1-23(2)10-12-9-18(34-17(12)6-7-28-23)13-8-14(21(26)27-11-13)22-29-30-31-32(22)15-4-5-16(33-3)20(25)19(15)24/h4-5,8-9,11,28H,6-7,10H2,1-3H3,(H2,26,27). The molecule has 0 spiro atoms. The van der Waals surface area contributed by atoms with Crippen LogP contribution in [0.15, 0.2) is 30.5 Å². The van der Waals surface area contributed by atoms with Crippen LogP contribution in [-0.2, 0) is 12.8 Å². The monoisotopic (exact) mass is 483 g/mol. The van der Waals surface area contributed by atoms with Crippen LogP contribution >= 0.6 is 11.3 Å². The number of tetrazole rings is 1. The first-order chi connectivity index (χ1) is 16.3. The maximum absolute atomic E-state index is 14.8. The van der Waals surface area contributed by atoms with Gasteiger partial charge in [-0.2, -0.15) is 9.07 Å². The minimum Gasteiger partial charge on any atom is -0.494 e. The molecule has 0 saturated carbocycles. The molecule has 0 aliphatic carbocycles.